The van der Waals surface area contributed by atoms with Gasteiger partial charge in [0.05, 0.1) is 6.33 Å². The number of hydrogen-bond acceptors (Lipinski definition) is 4. The van der Waals surface area contributed by atoms with Crippen LogP contribution in [0.1, 0.15) is 43.4 Å². The fraction of sp³-hybridized carbons (Fsp3) is 0.565. The molecule has 0 bridgehead atoms. The Balaban J connectivity index is 1.10. The number of amides is 1. The van der Waals surface area contributed by atoms with Crippen LogP contribution in [-0.4, -0.2) is 57.9 Å². The van der Waals surface area contributed by atoms with E-state index in [1.54, 1.807) is 6.33 Å². The number of aromatic amines is 1. The van der Waals surface area contributed by atoms with Gasteiger partial charge in [0.25, 0.3) is 0 Å². The van der Waals surface area contributed by atoms with Crippen molar-refractivity contribution in [1.82, 2.24) is 25.1 Å². The number of aromatic nitrogens is 2. The van der Waals surface area contributed by atoms with Gasteiger partial charge in [-0.05, 0) is 50.3 Å². The fourth-order valence-electron chi connectivity index (χ4n) is 4.62. The first-order valence-electron chi connectivity index (χ1n) is 11.0. The first-order chi connectivity index (χ1) is 14.2. The Bertz CT molecular complexity index is 740. The SMILES string of the molecule is O=C(CCC1CCN(Cc2cnc[nH]2)CC1)NC1CCN(Cc2ccccc2)C1. The molecule has 2 aromatic rings. The molecule has 6 nitrogen and oxygen atoms in total. The molecule has 1 aromatic carbocycles. The molecule has 29 heavy (non-hydrogen) atoms. The van der Waals surface area contributed by atoms with E-state index in [-0.39, 0.29) is 5.91 Å². The van der Waals surface area contributed by atoms with E-state index in [1.165, 1.54) is 24.1 Å². The third kappa shape index (κ3) is 6.15. The second-order valence-electron chi connectivity index (χ2n) is 8.61. The molecule has 156 valence electrons. The molecule has 0 saturated carbocycles. The number of nitrogens with zero attached hydrogens (tertiary/aromatic N) is 3. The summed E-state index contributed by atoms with van der Waals surface area (Å²) in [6, 6.07) is 10.9. The van der Waals surface area contributed by atoms with Crippen LogP contribution in [-0.2, 0) is 17.9 Å². The normalized spacial score (nSPS) is 21.4. The summed E-state index contributed by atoms with van der Waals surface area (Å²) in [5, 5.41) is 3.27. The number of rotatable bonds is 8. The second-order valence-corrected chi connectivity index (χ2v) is 8.61. The van der Waals surface area contributed by atoms with E-state index < -0.39 is 0 Å². The fourth-order valence-corrected chi connectivity index (χ4v) is 4.62. The lowest BCUT2D eigenvalue weighted by molar-refractivity contribution is -0.122. The summed E-state index contributed by atoms with van der Waals surface area (Å²) in [4.78, 5) is 24.6. The molecule has 2 aliphatic heterocycles. The summed E-state index contributed by atoms with van der Waals surface area (Å²) < 4.78 is 0. The van der Waals surface area contributed by atoms with Crippen LogP contribution in [0.25, 0.3) is 0 Å². The molecule has 2 N–H and O–H groups in total. The van der Waals surface area contributed by atoms with Crippen molar-refractivity contribution >= 4 is 5.91 Å². The first kappa shape index (κ1) is 20.1. The lowest BCUT2D eigenvalue weighted by Crippen LogP contribution is -2.37. The maximum Gasteiger partial charge on any atom is 0.220 e. The molecule has 1 unspecified atom stereocenters. The van der Waals surface area contributed by atoms with Crippen LogP contribution in [0.3, 0.4) is 0 Å². The van der Waals surface area contributed by atoms with Crippen molar-refractivity contribution in [2.75, 3.05) is 26.2 Å². The van der Waals surface area contributed by atoms with Gasteiger partial charge >= 0.3 is 0 Å². The number of nitrogens with one attached hydrogen (secondary N) is 2. The Morgan fingerprint density at radius 3 is 2.62 bits per heavy atom. The first-order valence-corrected chi connectivity index (χ1v) is 11.0. The van der Waals surface area contributed by atoms with Gasteiger partial charge in [-0.2, -0.15) is 0 Å². The smallest absolute Gasteiger partial charge is 0.220 e. The highest BCUT2D eigenvalue weighted by molar-refractivity contribution is 5.76. The minimum atomic E-state index is 0.233. The van der Waals surface area contributed by atoms with Crippen LogP contribution >= 0.6 is 0 Å². The molecule has 2 fully saturated rings. The third-order valence-electron chi connectivity index (χ3n) is 6.32. The Kier molecular flexibility index (Phi) is 6.96. The van der Waals surface area contributed by atoms with Crippen molar-refractivity contribution < 1.29 is 4.79 Å². The largest absolute Gasteiger partial charge is 0.352 e. The molecule has 6 heteroatoms. The number of benzene rings is 1. The van der Waals surface area contributed by atoms with E-state index in [1.807, 2.05) is 6.20 Å². The minimum absolute atomic E-state index is 0.233. The molecule has 1 atom stereocenters. The van der Waals surface area contributed by atoms with Crippen LogP contribution in [0, 0.1) is 5.92 Å². The molecule has 4 rings (SSSR count). The van der Waals surface area contributed by atoms with Gasteiger partial charge < -0.3 is 10.3 Å². The molecule has 0 spiro atoms. The number of hydrogen-bond donors (Lipinski definition) is 2. The summed E-state index contributed by atoms with van der Waals surface area (Å²) in [5.41, 5.74) is 2.53. The second kappa shape index (κ2) is 10.0. The number of carbonyl (C=O) groups is 1. The zero-order valence-corrected chi connectivity index (χ0v) is 17.2. The average Bonchev–Trinajstić information content (AvgIpc) is 3.40. The molecule has 2 saturated heterocycles. The van der Waals surface area contributed by atoms with Crippen LogP contribution in [0.5, 0.6) is 0 Å². The van der Waals surface area contributed by atoms with E-state index in [0.29, 0.717) is 18.4 Å². The van der Waals surface area contributed by atoms with Crippen LogP contribution < -0.4 is 5.32 Å². The van der Waals surface area contributed by atoms with Gasteiger partial charge in [0.2, 0.25) is 5.91 Å². The number of H-pyrrole nitrogens is 1. The number of imidazole rings is 1. The van der Waals surface area contributed by atoms with E-state index in [4.69, 9.17) is 0 Å². The zero-order chi connectivity index (χ0) is 19.9. The minimum Gasteiger partial charge on any atom is -0.352 e. The van der Waals surface area contributed by atoms with Crippen LogP contribution in [0.15, 0.2) is 42.9 Å². The summed E-state index contributed by atoms with van der Waals surface area (Å²) in [5.74, 6) is 0.911. The lowest BCUT2D eigenvalue weighted by Gasteiger charge is -2.31. The van der Waals surface area contributed by atoms with Crippen molar-refractivity contribution in [2.45, 2.75) is 51.2 Å². The molecule has 1 aromatic heterocycles. The summed E-state index contributed by atoms with van der Waals surface area (Å²) >= 11 is 0. The Labute approximate surface area is 173 Å². The Hall–Kier alpha value is -2.18. The summed E-state index contributed by atoms with van der Waals surface area (Å²) in [6.45, 7) is 6.19. The highest BCUT2D eigenvalue weighted by Gasteiger charge is 2.25. The Morgan fingerprint density at radius 1 is 1.07 bits per heavy atom. The maximum absolute atomic E-state index is 12.4. The van der Waals surface area contributed by atoms with Gasteiger partial charge in [0, 0.05) is 50.5 Å². The molecular formula is C23H33N5O. The lowest BCUT2D eigenvalue weighted by atomic mass is 9.92. The van der Waals surface area contributed by atoms with Gasteiger partial charge in [-0.1, -0.05) is 30.3 Å². The van der Waals surface area contributed by atoms with Crippen molar-refractivity contribution in [3.63, 3.8) is 0 Å². The highest BCUT2D eigenvalue weighted by Crippen LogP contribution is 2.23. The molecule has 0 aliphatic carbocycles. The monoisotopic (exact) mass is 395 g/mol. The number of carbonyl (C=O) groups excluding carboxylic acids is 1. The van der Waals surface area contributed by atoms with Crippen molar-refractivity contribution in [3.8, 4) is 0 Å². The molecule has 1 amide bonds. The average molecular weight is 396 g/mol. The van der Waals surface area contributed by atoms with E-state index >= 15 is 0 Å². The van der Waals surface area contributed by atoms with Crippen LogP contribution in [0.2, 0.25) is 0 Å². The van der Waals surface area contributed by atoms with Crippen molar-refractivity contribution in [1.29, 1.82) is 0 Å². The van der Waals surface area contributed by atoms with E-state index in [2.05, 4.69) is 55.4 Å². The van der Waals surface area contributed by atoms with E-state index in [9.17, 15) is 4.79 Å². The molecular weight excluding hydrogens is 362 g/mol. The summed E-state index contributed by atoms with van der Waals surface area (Å²) in [7, 11) is 0. The van der Waals surface area contributed by atoms with Crippen molar-refractivity contribution in [3.05, 3.63) is 54.1 Å². The van der Waals surface area contributed by atoms with Crippen molar-refractivity contribution in [2.24, 2.45) is 5.92 Å². The van der Waals surface area contributed by atoms with Gasteiger partial charge in [0.15, 0.2) is 0 Å². The van der Waals surface area contributed by atoms with Gasteiger partial charge in [0.1, 0.15) is 0 Å². The van der Waals surface area contributed by atoms with Crippen LogP contribution in [0.4, 0.5) is 0 Å². The third-order valence-corrected chi connectivity index (χ3v) is 6.32. The Morgan fingerprint density at radius 2 is 1.86 bits per heavy atom. The summed E-state index contributed by atoms with van der Waals surface area (Å²) in [6.07, 6.45) is 8.77. The molecule has 3 heterocycles. The molecule has 2 aliphatic rings. The topological polar surface area (TPSA) is 64.3 Å². The number of likely N-dealkylation sites (tertiary alicyclic amines) is 2. The van der Waals surface area contributed by atoms with E-state index in [0.717, 1.165) is 52.1 Å². The van der Waals surface area contributed by atoms with Gasteiger partial charge in [-0.25, -0.2) is 4.98 Å². The predicted octanol–water partition coefficient (Wildman–Crippen LogP) is 2.79. The predicted molar refractivity (Wildman–Crippen MR) is 114 cm³/mol. The standard InChI is InChI=1S/C23H33N5O/c29-23(26-21-10-13-28(16-21)15-20-4-2-1-3-5-20)7-6-19-8-11-27(12-9-19)17-22-14-24-18-25-22/h1-5,14,18-19,21H,6-13,15-17H2,(H,24,25)(H,26,29). The van der Waals surface area contributed by atoms with Gasteiger partial charge in [-0.15, -0.1) is 0 Å². The quantitative estimate of drug-likeness (QED) is 0.721. The maximum atomic E-state index is 12.4. The zero-order valence-electron chi connectivity index (χ0n) is 17.2. The number of piperidine rings is 1. The highest BCUT2D eigenvalue weighted by atomic mass is 16.1. The van der Waals surface area contributed by atoms with Gasteiger partial charge in [-0.3, -0.25) is 14.6 Å². The molecule has 0 radical (unpaired) electrons.